The second-order valence-corrected chi connectivity index (χ2v) is 5.33. The summed E-state index contributed by atoms with van der Waals surface area (Å²) in [6, 6.07) is 12.8. The van der Waals surface area contributed by atoms with Gasteiger partial charge in [0.2, 0.25) is 0 Å². The van der Waals surface area contributed by atoms with E-state index >= 15 is 0 Å². The number of amides is 1. The van der Waals surface area contributed by atoms with Gasteiger partial charge in [-0.2, -0.15) is 15.0 Å². The van der Waals surface area contributed by atoms with E-state index in [9.17, 15) is 4.79 Å². The SMILES string of the molecule is Cn1nc2cccc(NC(=O)c3ccc(-n4ccnc4)cc3)c2n1. The van der Waals surface area contributed by atoms with Gasteiger partial charge in [-0.3, -0.25) is 4.79 Å². The van der Waals surface area contributed by atoms with Crippen molar-refractivity contribution in [2.24, 2.45) is 7.05 Å². The molecule has 0 fully saturated rings. The summed E-state index contributed by atoms with van der Waals surface area (Å²) in [6.45, 7) is 0. The highest BCUT2D eigenvalue weighted by molar-refractivity contribution is 6.07. The van der Waals surface area contributed by atoms with Gasteiger partial charge < -0.3 is 9.88 Å². The molecule has 0 spiro atoms. The zero-order valence-electron chi connectivity index (χ0n) is 12.9. The lowest BCUT2D eigenvalue weighted by molar-refractivity contribution is 0.102. The van der Waals surface area contributed by atoms with Gasteiger partial charge in [-0.15, -0.1) is 0 Å². The Bertz CT molecular complexity index is 1000. The summed E-state index contributed by atoms with van der Waals surface area (Å²) >= 11 is 0. The van der Waals surface area contributed by atoms with E-state index in [1.54, 1.807) is 31.7 Å². The molecule has 2 aromatic heterocycles. The highest BCUT2D eigenvalue weighted by atomic mass is 16.1. The van der Waals surface area contributed by atoms with Crippen molar-refractivity contribution in [3.8, 4) is 5.69 Å². The van der Waals surface area contributed by atoms with Gasteiger partial charge in [0, 0.05) is 30.7 Å². The maximum atomic E-state index is 12.5. The molecule has 0 bridgehead atoms. The van der Waals surface area contributed by atoms with Gasteiger partial charge >= 0.3 is 0 Å². The van der Waals surface area contributed by atoms with Gasteiger partial charge in [0.05, 0.1) is 12.0 Å². The number of benzene rings is 2. The first-order valence-electron chi connectivity index (χ1n) is 7.40. The van der Waals surface area contributed by atoms with Gasteiger partial charge in [0.1, 0.15) is 11.0 Å². The van der Waals surface area contributed by atoms with Crippen LogP contribution in [0.15, 0.2) is 61.2 Å². The zero-order valence-corrected chi connectivity index (χ0v) is 12.9. The quantitative estimate of drug-likeness (QED) is 0.629. The van der Waals surface area contributed by atoms with Crippen LogP contribution in [0.4, 0.5) is 5.69 Å². The van der Waals surface area contributed by atoms with Crippen molar-refractivity contribution in [2.75, 3.05) is 5.32 Å². The van der Waals surface area contributed by atoms with Crippen LogP contribution in [-0.2, 0) is 7.05 Å². The largest absolute Gasteiger partial charge is 0.320 e. The number of fused-ring (bicyclic) bond motifs is 1. The third kappa shape index (κ3) is 2.52. The van der Waals surface area contributed by atoms with E-state index < -0.39 is 0 Å². The summed E-state index contributed by atoms with van der Waals surface area (Å²) in [7, 11) is 1.75. The predicted octanol–water partition coefficient (Wildman–Crippen LogP) is 2.41. The molecule has 118 valence electrons. The zero-order chi connectivity index (χ0) is 16.5. The van der Waals surface area contributed by atoms with Gasteiger partial charge in [-0.25, -0.2) is 4.98 Å². The van der Waals surface area contributed by atoms with E-state index in [1.807, 2.05) is 41.1 Å². The van der Waals surface area contributed by atoms with Crippen LogP contribution in [0.2, 0.25) is 0 Å². The number of anilines is 1. The molecule has 0 saturated carbocycles. The van der Waals surface area contributed by atoms with Crippen LogP contribution in [0.1, 0.15) is 10.4 Å². The Balaban J connectivity index is 1.59. The first-order valence-corrected chi connectivity index (χ1v) is 7.40. The Morgan fingerprint density at radius 2 is 1.92 bits per heavy atom. The van der Waals surface area contributed by atoms with E-state index in [1.165, 1.54) is 4.80 Å². The van der Waals surface area contributed by atoms with Crippen LogP contribution in [0.25, 0.3) is 16.7 Å². The highest BCUT2D eigenvalue weighted by Gasteiger charge is 2.11. The van der Waals surface area contributed by atoms with Crippen molar-refractivity contribution in [1.29, 1.82) is 0 Å². The van der Waals surface area contributed by atoms with Crippen molar-refractivity contribution in [2.45, 2.75) is 0 Å². The number of nitrogens with one attached hydrogen (secondary N) is 1. The second kappa shape index (κ2) is 5.62. The summed E-state index contributed by atoms with van der Waals surface area (Å²) in [4.78, 5) is 18.0. The molecule has 4 rings (SSSR count). The van der Waals surface area contributed by atoms with Gasteiger partial charge in [-0.1, -0.05) is 6.07 Å². The van der Waals surface area contributed by atoms with Crippen LogP contribution < -0.4 is 5.32 Å². The van der Waals surface area contributed by atoms with E-state index in [0.717, 1.165) is 11.2 Å². The summed E-state index contributed by atoms with van der Waals surface area (Å²) in [5, 5.41) is 11.4. The lowest BCUT2D eigenvalue weighted by atomic mass is 10.2. The van der Waals surface area contributed by atoms with Crippen molar-refractivity contribution in [1.82, 2.24) is 24.5 Å². The molecule has 7 nitrogen and oxygen atoms in total. The standard InChI is InChI=1S/C17H14N6O/c1-22-20-15-4-2-3-14(16(15)21-22)19-17(24)12-5-7-13(8-6-12)23-10-9-18-11-23/h2-11H,1H3,(H,19,24). The molecule has 0 unspecified atom stereocenters. The molecule has 0 aliphatic carbocycles. The lowest BCUT2D eigenvalue weighted by Crippen LogP contribution is -2.12. The Hall–Kier alpha value is -3.48. The molecule has 0 aliphatic rings. The van der Waals surface area contributed by atoms with Crippen molar-refractivity contribution in [3.05, 3.63) is 66.7 Å². The molecular weight excluding hydrogens is 304 g/mol. The second-order valence-electron chi connectivity index (χ2n) is 5.33. The third-order valence-corrected chi connectivity index (χ3v) is 3.69. The van der Waals surface area contributed by atoms with Gasteiger partial charge in [0.15, 0.2) is 0 Å². The third-order valence-electron chi connectivity index (χ3n) is 3.69. The molecule has 0 aliphatic heterocycles. The summed E-state index contributed by atoms with van der Waals surface area (Å²) < 4.78 is 1.88. The number of aromatic nitrogens is 5. The summed E-state index contributed by atoms with van der Waals surface area (Å²) in [6.07, 6.45) is 5.27. The Morgan fingerprint density at radius 3 is 2.67 bits per heavy atom. The molecule has 2 heterocycles. The number of hydrogen-bond donors (Lipinski definition) is 1. The maximum Gasteiger partial charge on any atom is 0.255 e. The number of aryl methyl sites for hydroxylation is 1. The molecule has 1 amide bonds. The molecular formula is C17H14N6O. The van der Waals surface area contributed by atoms with Crippen LogP contribution in [-0.4, -0.2) is 30.5 Å². The van der Waals surface area contributed by atoms with Crippen LogP contribution in [0.3, 0.4) is 0 Å². The molecule has 24 heavy (non-hydrogen) atoms. The number of carbonyl (C=O) groups excluding carboxylic acids is 1. The normalized spacial score (nSPS) is 10.9. The van der Waals surface area contributed by atoms with Crippen LogP contribution >= 0.6 is 0 Å². The van der Waals surface area contributed by atoms with E-state index in [4.69, 9.17) is 0 Å². The molecule has 1 N–H and O–H groups in total. The molecule has 0 atom stereocenters. The average molecular weight is 318 g/mol. The fourth-order valence-electron chi connectivity index (χ4n) is 2.53. The van der Waals surface area contributed by atoms with Crippen LogP contribution in [0.5, 0.6) is 0 Å². The van der Waals surface area contributed by atoms with Gasteiger partial charge in [0.25, 0.3) is 5.91 Å². The van der Waals surface area contributed by atoms with Crippen molar-refractivity contribution < 1.29 is 4.79 Å². The number of rotatable bonds is 3. The van der Waals surface area contributed by atoms with Crippen LogP contribution in [0, 0.1) is 0 Å². The monoisotopic (exact) mass is 318 g/mol. The van der Waals surface area contributed by atoms with E-state index in [0.29, 0.717) is 16.8 Å². The maximum absolute atomic E-state index is 12.5. The first kappa shape index (κ1) is 14.1. The number of carbonyl (C=O) groups is 1. The molecule has 0 saturated heterocycles. The fourth-order valence-corrected chi connectivity index (χ4v) is 2.53. The molecule has 4 aromatic rings. The van der Waals surface area contributed by atoms with Crippen molar-refractivity contribution in [3.63, 3.8) is 0 Å². The Labute approximate surface area is 137 Å². The molecule has 2 aromatic carbocycles. The first-order chi connectivity index (χ1) is 11.7. The predicted molar refractivity (Wildman–Crippen MR) is 90.0 cm³/mol. The fraction of sp³-hybridized carbons (Fsp3) is 0.0588. The lowest BCUT2D eigenvalue weighted by Gasteiger charge is -2.07. The smallest absolute Gasteiger partial charge is 0.255 e. The average Bonchev–Trinajstić information content (AvgIpc) is 3.24. The molecule has 7 heteroatoms. The minimum atomic E-state index is -0.190. The topological polar surface area (TPSA) is 77.6 Å². The highest BCUT2D eigenvalue weighted by Crippen LogP contribution is 2.20. The van der Waals surface area contributed by atoms with E-state index in [2.05, 4.69) is 20.5 Å². The Morgan fingerprint density at radius 1 is 1.08 bits per heavy atom. The number of hydrogen-bond acceptors (Lipinski definition) is 4. The van der Waals surface area contributed by atoms with E-state index in [-0.39, 0.29) is 5.91 Å². The number of imidazole rings is 1. The Kier molecular flexibility index (Phi) is 3.31. The molecule has 0 radical (unpaired) electrons. The summed E-state index contributed by atoms with van der Waals surface area (Å²) in [5.74, 6) is -0.190. The van der Waals surface area contributed by atoms with Gasteiger partial charge in [-0.05, 0) is 36.4 Å². The minimum absolute atomic E-state index is 0.190. The van der Waals surface area contributed by atoms with Crippen molar-refractivity contribution >= 4 is 22.6 Å². The number of nitrogens with zero attached hydrogens (tertiary/aromatic N) is 5. The minimum Gasteiger partial charge on any atom is -0.320 e. The summed E-state index contributed by atoms with van der Waals surface area (Å²) in [5.41, 5.74) is 3.57.